The third kappa shape index (κ3) is 4.84. The highest BCUT2D eigenvalue weighted by molar-refractivity contribution is 6.32. The molecule has 0 aliphatic carbocycles. The first kappa shape index (κ1) is 16.0. The Bertz CT molecular complexity index is 406. The lowest BCUT2D eigenvalue weighted by molar-refractivity contribution is 0.235. The zero-order valence-electron chi connectivity index (χ0n) is 12.0. The van der Waals surface area contributed by atoms with Crippen LogP contribution in [-0.4, -0.2) is 34.3 Å². The van der Waals surface area contributed by atoms with Crippen LogP contribution in [0.1, 0.15) is 34.1 Å². The Labute approximate surface area is 119 Å². The maximum Gasteiger partial charge on any atom is 0.224 e. The molecule has 1 heterocycles. The van der Waals surface area contributed by atoms with Crippen molar-refractivity contribution in [1.29, 1.82) is 0 Å². The molecule has 3 N–H and O–H groups in total. The molecule has 108 valence electrons. The number of hydrogen-bond donors (Lipinski definition) is 3. The number of rotatable bonds is 6. The number of anilines is 2. The van der Waals surface area contributed by atoms with Gasteiger partial charge >= 0.3 is 0 Å². The molecule has 0 fully saturated rings. The van der Waals surface area contributed by atoms with Crippen molar-refractivity contribution < 1.29 is 5.11 Å². The van der Waals surface area contributed by atoms with Crippen molar-refractivity contribution in [2.45, 2.75) is 40.2 Å². The smallest absolute Gasteiger partial charge is 0.224 e. The summed E-state index contributed by atoms with van der Waals surface area (Å²) in [6, 6.07) is 0.0828. The molecule has 0 spiro atoms. The van der Waals surface area contributed by atoms with Crippen molar-refractivity contribution in [1.82, 2.24) is 9.97 Å². The van der Waals surface area contributed by atoms with E-state index in [1.54, 1.807) is 6.20 Å². The van der Waals surface area contributed by atoms with Crippen LogP contribution in [0.25, 0.3) is 0 Å². The SMILES string of the molecule is CCNc1ncc(Cl)c(NC(CCO)C(C)(C)C)n1. The van der Waals surface area contributed by atoms with Gasteiger partial charge in [-0.2, -0.15) is 4.98 Å². The van der Waals surface area contributed by atoms with Crippen molar-refractivity contribution in [2.24, 2.45) is 5.41 Å². The average molecular weight is 287 g/mol. The second-order valence-electron chi connectivity index (χ2n) is 5.50. The van der Waals surface area contributed by atoms with Crippen LogP contribution in [-0.2, 0) is 0 Å². The van der Waals surface area contributed by atoms with Crippen molar-refractivity contribution in [3.63, 3.8) is 0 Å². The minimum absolute atomic E-state index is 0.00461. The maximum atomic E-state index is 9.17. The van der Waals surface area contributed by atoms with E-state index in [4.69, 9.17) is 16.7 Å². The van der Waals surface area contributed by atoms with Gasteiger partial charge in [0.1, 0.15) is 5.02 Å². The highest BCUT2D eigenvalue weighted by atomic mass is 35.5. The predicted octanol–water partition coefficient (Wildman–Crippen LogP) is 2.77. The van der Waals surface area contributed by atoms with Crippen LogP contribution in [0.15, 0.2) is 6.20 Å². The zero-order valence-corrected chi connectivity index (χ0v) is 12.8. The minimum Gasteiger partial charge on any atom is -0.396 e. The first-order valence-electron chi connectivity index (χ1n) is 6.52. The van der Waals surface area contributed by atoms with Crippen LogP contribution in [0.4, 0.5) is 11.8 Å². The van der Waals surface area contributed by atoms with Crippen LogP contribution < -0.4 is 10.6 Å². The topological polar surface area (TPSA) is 70.1 Å². The summed E-state index contributed by atoms with van der Waals surface area (Å²) < 4.78 is 0. The summed E-state index contributed by atoms with van der Waals surface area (Å²) in [7, 11) is 0. The molecule has 1 aromatic rings. The van der Waals surface area contributed by atoms with Crippen molar-refractivity contribution in [3.8, 4) is 0 Å². The van der Waals surface area contributed by atoms with Gasteiger partial charge in [0.05, 0.1) is 6.20 Å². The summed E-state index contributed by atoms with van der Waals surface area (Å²) in [5.74, 6) is 1.15. The molecule has 1 atom stereocenters. The van der Waals surface area contributed by atoms with Crippen LogP contribution in [0.2, 0.25) is 5.02 Å². The molecule has 1 unspecified atom stereocenters. The molecule has 5 nitrogen and oxygen atoms in total. The molecule has 1 aromatic heterocycles. The number of nitrogens with zero attached hydrogens (tertiary/aromatic N) is 2. The molecule has 0 aliphatic rings. The second kappa shape index (κ2) is 6.91. The van der Waals surface area contributed by atoms with Gasteiger partial charge in [0.25, 0.3) is 0 Å². The van der Waals surface area contributed by atoms with Gasteiger partial charge in [0.15, 0.2) is 5.82 Å². The van der Waals surface area contributed by atoms with Gasteiger partial charge in [0.2, 0.25) is 5.95 Å². The van der Waals surface area contributed by atoms with Gasteiger partial charge in [-0.3, -0.25) is 0 Å². The third-order valence-corrected chi connectivity index (χ3v) is 3.13. The summed E-state index contributed by atoms with van der Waals surface area (Å²) >= 11 is 6.11. The Balaban J connectivity index is 2.91. The number of hydrogen-bond acceptors (Lipinski definition) is 5. The van der Waals surface area contributed by atoms with Crippen LogP contribution >= 0.6 is 11.6 Å². The summed E-state index contributed by atoms with van der Waals surface area (Å²) in [5.41, 5.74) is -0.00461. The van der Waals surface area contributed by atoms with Crippen molar-refractivity contribution in [3.05, 3.63) is 11.2 Å². The fourth-order valence-corrected chi connectivity index (χ4v) is 1.87. The average Bonchev–Trinajstić information content (AvgIpc) is 2.32. The first-order chi connectivity index (χ1) is 8.88. The molecule has 19 heavy (non-hydrogen) atoms. The Hall–Kier alpha value is -1.07. The lowest BCUT2D eigenvalue weighted by Crippen LogP contribution is -2.35. The van der Waals surface area contributed by atoms with E-state index < -0.39 is 0 Å². The van der Waals surface area contributed by atoms with E-state index in [-0.39, 0.29) is 18.1 Å². The molecule has 0 amide bonds. The largest absolute Gasteiger partial charge is 0.396 e. The van der Waals surface area contributed by atoms with Gasteiger partial charge in [-0.15, -0.1) is 0 Å². The highest BCUT2D eigenvalue weighted by Crippen LogP contribution is 2.28. The zero-order chi connectivity index (χ0) is 14.5. The molecule has 0 radical (unpaired) electrons. The Morgan fingerprint density at radius 3 is 2.63 bits per heavy atom. The molecular weight excluding hydrogens is 264 g/mol. The summed E-state index contributed by atoms with van der Waals surface area (Å²) in [4.78, 5) is 8.45. The monoisotopic (exact) mass is 286 g/mol. The van der Waals surface area contributed by atoms with Gasteiger partial charge in [-0.05, 0) is 18.8 Å². The molecule has 0 aromatic carbocycles. The van der Waals surface area contributed by atoms with E-state index in [1.807, 2.05) is 6.92 Å². The molecule has 0 saturated carbocycles. The normalized spacial score (nSPS) is 13.2. The fourth-order valence-electron chi connectivity index (χ4n) is 1.73. The van der Waals surface area contributed by atoms with E-state index in [9.17, 15) is 0 Å². The Morgan fingerprint density at radius 1 is 1.42 bits per heavy atom. The number of halogens is 1. The van der Waals surface area contributed by atoms with E-state index in [2.05, 4.69) is 41.4 Å². The van der Waals surface area contributed by atoms with Crippen LogP contribution in [0.5, 0.6) is 0 Å². The number of aromatic nitrogens is 2. The van der Waals surface area contributed by atoms with Crippen molar-refractivity contribution in [2.75, 3.05) is 23.8 Å². The number of aliphatic hydroxyl groups excluding tert-OH is 1. The second-order valence-corrected chi connectivity index (χ2v) is 5.90. The van der Waals surface area contributed by atoms with Crippen LogP contribution in [0.3, 0.4) is 0 Å². The highest BCUT2D eigenvalue weighted by Gasteiger charge is 2.25. The minimum atomic E-state index is -0.00461. The van der Waals surface area contributed by atoms with E-state index in [0.29, 0.717) is 23.2 Å². The molecule has 0 saturated heterocycles. The summed E-state index contributed by atoms with van der Waals surface area (Å²) in [6.45, 7) is 9.19. The van der Waals surface area contributed by atoms with Gasteiger partial charge in [-0.25, -0.2) is 4.98 Å². The van der Waals surface area contributed by atoms with Crippen LogP contribution in [0, 0.1) is 5.41 Å². The predicted molar refractivity (Wildman–Crippen MR) is 79.8 cm³/mol. The van der Waals surface area contributed by atoms with Gasteiger partial charge < -0.3 is 15.7 Å². The Kier molecular flexibility index (Phi) is 5.82. The molecular formula is C13H23ClN4O. The van der Waals surface area contributed by atoms with Crippen molar-refractivity contribution >= 4 is 23.4 Å². The molecule has 0 aliphatic heterocycles. The standard InChI is InChI=1S/C13H23ClN4O/c1-5-15-12-16-8-9(14)11(18-12)17-10(6-7-19)13(2,3)4/h8,10,19H,5-7H2,1-4H3,(H2,15,16,17,18). The van der Waals surface area contributed by atoms with Gasteiger partial charge in [0, 0.05) is 19.2 Å². The molecule has 6 heteroatoms. The van der Waals surface area contributed by atoms with E-state index in [0.717, 1.165) is 6.54 Å². The molecule has 0 bridgehead atoms. The lowest BCUT2D eigenvalue weighted by atomic mass is 9.85. The number of aliphatic hydroxyl groups is 1. The number of nitrogens with one attached hydrogen (secondary N) is 2. The van der Waals surface area contributed by atoms with E-state index >= 15 is 0 Å². The van der Waals surface area contributed by atoms with E-state index in [1.165, 1.54) is 0 Å². The maximum absolute atomic E-state index is 9.17. The first-order valence-corrected chi connectivity index (χ1v) is 6.90. The summed E-state index contributed by atoms with van der Waals surface area (Å²) in [6.07, 6.45) is 2.22. The summed E-state index contributed by atoms with van der Waals surface area (Å²) in [5, 5.41) is 16.0. The quantitative estimate of drug-likeness (QED) is 0.750. The lowest BCUT2D eigenvalue weighted by Gasteiger charge is -2.31. The molecule has 1 rings (SSSR count). The van der Waals surface area contributed by atoms with Gasteiger partial charge in [-0.1, -0.05) is 32.4 Å². The Morgan fingerprint density at radius 2 is 2.11 bits per heavy atom. The fraction of sp³-hybridized carbons (Fsp3) is 0.692. The third-order valence-electron chi connectivity index (χ3n) is 2.85.